The molecule has 0 atom stereocenters. The first kappa shape index (κ1) is 5.37. The molecule has 0 radical (unpaired) electrons. The van der Waals surface area contributed by atoms with Gasteiger partial charge in [0.1, 0.15) is 0 Å². The predicted molar refractivity (Wildman–Crippen MR) is 29.4 cm³/mol. The smallest absolute Gasteiger partial charge is 0.160 e. The molecule has 0 aromatic carbocycles. The molecule has 0 unspecified atom stereocenters. The quantitative estimate of drug-likeness (QED) is 0.536. The Hall–Kier alpha value is -0.770. The summed E-state index contributed by atoms with van der Waals surface area (Å²) < 4.78 is 12.2. The van der Waals surface area contributed by atoms with Crippen molar-refractivity contribution in [2.75, 3.05) is 0 Å². The van der Waals surface area contributed by atoms with Crippen LogP contribution in [-0.2, 0) is 0 Å². The molecular weight excluding hydrogens is 127 g/mol. The molecule has 0 fully saturated rings. The number of rotatable bonds is 0. The maximum atomic E-state index is 12.1. The van der Waals surface area contributed by atoms with E-state index < -0.39 is 5.82 Å². The van der Waals surface area contributed by atoms with Crippen LogP contribution in [0.1, 0.15) is 0 Å². The number of H-pyrrole nitrogens is 1. The Balaban J connectivity index is 3.35. The van der Waals surface area contributed by atoms with Gasteiger partial charge in [-0.2, -0.15) is 5.10 Å². The fourth-order valence-corrected chi connectivity index (χ4v) is 0.448. The van der Waals surface area contributed by atoms with Gasteiger partial charge in [0, 0.05) is 0 Å². The van der Waals surface area contributed by atoms with Crippen LogP contribution in [0.25, 0.3) is 0 Å². The number of halogens is 1. The van der Waals surface area contributed by atoms with E-state index >= 15 is 0 Å². The molecule has 0 saturated carbocycles. The summed E-state index contributed by atoms with van der Waals surface area (Å²) >= 11 is 4.46. The first-order valence-corrected chi connectivity index (χ1v) is 2.41. The van der Waals surface area contributed by atoms with Gasteiger partial charge in [-0.3, -0.25) is 5.10 Å². The Kier molecular flexibility index (Phi) is 1.34. The summed E-state index contributed by atoms with van der Waals surface area (Å²) in [5, 5.41) is 5.77. The Morgan fingerprint density at radius 2 is 2.50 bits per heavy atom. The first-order chi connectivity index (χ1) is 3.80. The monoisotopic (exact) mass is 130 g/mol. The summed E-state index contributed by atoms with van der Waals surface area (Å²) in [5.41, 5.74) is 0. The van der Waals surface area contributed by atoms with Crippen molar-refractivity contribution >= 4 is 12.2 Å². The van der Waals surface area contributed by atoms with Gasteiger partial charge in [-0.05, 0) is 6.07 Å². The van der Waals surface area contributed by atoms with Gasteiger partial charge in [0.25, 0.3) is 0 Å². The van der Waals surface area contributed by atoms with Crippen LogP contribution in [0.5, 0.6) is 0 Å². The van der Waals surface area contributed by atoms with Crippen LogP contribution in [0, 0.1) is 10.5 Å². The van der Waals surface area contributed by atoms with Crippen LogP contribution in [-0.4, -0.2) is 10.2 Å². The molecule has 0 aliphatic heterocycles. The lowest BCUT2D eigenvalue weighted by molar-refractivity contribution is 0.609. The minimum atomic E-state index is -0.435. The van der Waals surface area contributed by atoms with Crippen molar-refractivity contribution in [2.24, 2.45) is 0 Å². The third-order valence-corrected chi connectivity index (χ3v) is 0.965. The van der Waals surface area contributed by atoms with Gasteiger partial charge in [-0.25, -0.2) is 4.39 Å². The summed E-state index contributed by atoms with van der Waals surface area (Å²) in [4.78, 5) is 0. The van der Waals surface area contributed by atoms with E-state index in [1.54, 1.807) is 0 Å². The van der Waals surface area contributed by atoms with Gasteiger partial charge in [0.2, 0.25) is 0 Å². The Bertz CT molecular complexity index is 231. The predicted octanol–water partition coefficient (Wildman–Crippen LogP) is 1.28. The third-order valence-electron chi connectivity index (χ3n) is 0.678. The summed E-state index contributed by atoms with van der Waals surface area (Å²) in [6, 6.07) is 1.21. The van der Waals surface area contributed by atoms with E-state index in [4.69, 9.17) is 0 Å². The highest BCUT2D eigenvalue weighted by Gasteiger charge is 1.86. The van der Waals surface area contributed by atoms with Crippen molar-refractivity contribution < 1.29 is 4.39 Å². The number of hydrogen-bond acceptors (Lipinski definition) is 2. The lowest BCUT2D eigenvalue weighted by Crippen LogP contribution is -1.82. The molecule has 1 aromatic heterocycles. The SMILES string of the molecule is Fc1ccn[nH]c1=S. The molecule has 0 saturated heterocycles. The van der Waals surface area contributed by atoms with E-state index in [0.29, 0.717) is 0 Å². The number of aromatic nitrogens is 2. The molecule has 8 heavy (non-hydrogen) atoms. The van der Waals surface area contributed by atoms with E-state index in [1.807, 2.05) is 0 Å². The lowest BCUT2D eigenvalue weighted by atomic mass is 10.6. The molecular formula is C4H3FN2S. The molecule has 0 aliphatic carbocycles. The van der Waals surface area contributed by atoms with Gasteiger partial charge in [0.05, 0.1) is 6.20 Å². The van der Waals surface area contributed by atoms with Crippen LogP contribution in [0.15, 0.2) is 12.3 Å². The maximum absolute atomic E-state index is 12.1. The Morgan fingerprint density at radius 3 is 2.88 bits per heavy atom. The molecule has 0 aliphatic rings. The molecule has 4 heteroatoms. The molecule has 42 valence electrons. The first-order valence-electron chi connectivity index (χ1n) is 2.00. The second-order valence-corrected chi connectivity index (χ2v) is 1.64. The topological polar surface area (TPSA) is 28.7 Å². The molecule has 1 N–H and O–H groups in total. The molecule has 0 bridgehead atoms. The molecule has 0 amide bonds. The van der Waals surface area contributed by atoms with Crippen molar-refractivity contribution in [3.05, 3.63) is 22.7 Å². The fraction of sp³-hybridized carbons (Fsp3) is 0. The third kappa shape index (κ3) is 0.894. The number of nitrogens with one attached hydrogen (secondary N) is 1. The van der Waals surface area contributed by atoms with Crippen molar-refractivity contribution in [1.82, 2.24) is 10.2 Å². The maximum Gasteiger partial charge on any atom is 0.160 e. The number of nitrogens with zero attached hydrogens (tertiary/aromatic N) is 1. The van der Waals surface area contributed by atoms with Gasteiger partial charge < -0.3 is 0 Å². The number of hydrogen-bond donors (Lipinski definition) is 1. The summed E-state index contributed by atoms with van der Waals surface area (Å²) in [6.07, 6.45) is 1.31. The molecule has 1 aromatic rings. The highest BCUT2D eigenvalue weighted by Crippen LogP contribution is 1.91. The van der Waals surface area contributed by atoms with Crippen LogP contribution in [0.4, 0.5) is 4.39 Å². The van der Waals surface area contributed by atoms with E-state index in [2.05, 4.69) is 22.4 Å². The lowest BCUT2D eigenvalue weighted by Gasteiger charge is -1.82. The normalized spacial score (nSPS) is 9.12. The Labute approximate surface area is 50.4 Å². The van der Waals surface area contributed by atoms with E-state index in [1.165, 1.54) is 12.3 Å². The second-order valence-electron chi connectivity index (χ2n) is 1.23. The van der Waals surface area contributed by atoms with Crippen LogP contribution in [0.3, 0.4) is 0 Å². The standard InChI is InChI=1S/C4H3FN2S/c5-3-1-2-6-7-4(3)8/h1-2H,(H,7,8). The highest BCUT2D eigenvalue weighted by molar-refractivity contribution is 7.71. The van der Waals surface area contributed by atoms with Crippen LogP contribution in [0.2, 0.25) is 0 Å². The summed E-state index contributed by atoms with van der Waals surface area (Å²) in [6.45, 7) is 0. The fourth-order valence-electron chi connectivity index (χ4n) is 0.328. The van der Waals surface area contributed by atoms with Crippen molar-refractivity contribution in [1.29, 1.82) is 0 Å². The van der Waals surface area contributed by atoms with Crippen molar-refractivity contribution in [3.8, 4) is 0 Å². The minimum Gasteiger partial charge on any atom is -0.265 e. The van der Waals surface area contributed by atoms with Crippen LogP contribution >= 0.6 is 12.2 Å². The average Bonchev–Trinajstić information content (AvgIpc) is 1.77. The van der Waals surface area contributed by atoms with Crippen molar-refractivity contribution in [3.63, 3.8) is 0 Å². The van der Waals surface area contributed by atoms with Gasteiger partial charge in [-0.1, -0.05) is 12.2 Å². The van der Waals surface area contributed by atoms with Gasteiger partial charge in [0.15, 0.2) is 10.5 Å². The van der Waals surface area contributed by atoms with Crippen molar-refractivity contribution in [2.45, 2.75) is 0 Å². The number of aromatic amines is 1. The average molecular weight is 130 g/mol. The summed E-state index contributed by atoms with van der Waals surface area (Å²) in [7, 11) is 0. The zero-order valence-electron chi connectivity index (χ0n) is 3.89. The molecule has 2 nitrogen and oxygen atoms in total. The highest BCUT2D eigenvalue weighted by atomic mass is 32.1. The molecule has 1 rings (SSSR count). The van der Waals surface area contributed by atoms with E-state index in [0.717, 1.165) is 0 Å². The molecule has 0 spiro atoms. The molecule has 1 heterocycles. The van der Waals surface area contributed by atoms with E-state index in [-0.39, 0.29) is 4.64 Å². The zero-order valence-corrected chi connectivity index (χ0v) is 4.70. The summed E-state index contributed by atoms with van der Waals surface area (Å²) in [5.74, 6) is -0.435. The Morgan fingerprint density at radius 1 is 1.75 bits per heavy atom. The van der Waals surface area contributed by atoms with Gasteiger partial charge in [-0.15, -0.1) is 0 Å². The van der Waals surface area contributed by atoms with E-state index in [9.17, 15) is 4.39 Å². The van der Waals surface area contributed by atoms with Gasteiger partial charge >= 0.3 is 0 Å². The zero-order chi connectivity index (χ0) is 5.98. The largest absolute Gasteiger partial charge is 0.265 e. The minimum absolute atomic E-state index is 0.0486. The van der Waals surface area contributed by atoms with Crippen LogP contribution < -0.4 is 0 Å². The second kappa shape index (κ2) is 2.00.